The molecule has 5 heteroatoms. The number of rotatable bonds is 4. The molecular formula is C18H24Cl2N2O. The smallest absolute Gasteiger partial charge is 0.226 e. The average molecular weight is 355 g/mol. The van der Waals surface area contributed by atoms with Crippen LogP contribution in [0.5, 0.6) is 0 Å². The largest absolute Gasteiger partial charge is 0.334 e. The van der Waals surface area contributed by atoms with Crippen LogP contribution >= 0.6 is 23.2 Å². The summed E-state index contributed by atoms with van der Waals surface area (Å²) in [5.41, 5.74) is 0.979. The maximum Gasteiger partial charge on any atom is 0.226 e. The fourth-order valence-electron chi connectivity index (χ4n) is 3.71. The van der Waals surface area contributed by atoms with Crippen LogP contribution in [-0.4, -0.2) is 29.9 Å². The van der Waals surface area contributed by atoms with E-state index in [1.807, 2.05) is 12.1 Å². The molecule has 2 fully saturated rings. The van der Waals surface area contributed by atoms with Gasteiger partial charge < -0.3 is 10.2 Å². The molecule has 1 amide bonds. The highest BCUT2D eigenvalue weighted by atomic mass is 35.5. The topological polar surface area (TPSA) is 32.3 Å². The lowest BCUT2D eigenvalue weighted by molar-refractivity contribution is -0.139. The maximum atomic E-state index is 13.1. The van der Waals surface area contributed by atoms with Crippen molar-refractivity contribution in [2.75, 3.05) is 13.1 Å². The Morgan fingerprint density at radius 3 is 2.61 bits per heavy atom. The van der Waals surface area contributed by atoms with Crippen molar-refractivity contribution in [3.05, 3.63) is 33.8 Å². The van der Waals surface area contributed by atoms with Crippen molar-refractivity contribution in [1.82, 2.24) is 10.2 Å². The third-order valence-electron chi connectivity index (χ3n) is 5.07. The van der Waals surface area contributed by atoms with Crippen molar-refractivity contribution < 1.29 is 4.79 Å². The van der Waals surface area contributed by atoms with Gasteiger partial charge in [0.2, 0.25) is 5.91 Å². The molecule has 3 nitrogen and oxygen atoms in total. The number of amides is 1. The van der Waals surface area contributed by atoms with Crippen LogP contribution in [-0.2, 0) is 11.3 Å². The standard InChI is InChI=1S/C18H24Cl2N2O/c19-15-7-6-14(17(20)10-15)12-22(16-8-9-21-11-16)18(23)13-4-2-1-3-5-13/h6-7,10,13,16,21H,1-5,8-9,11-12H2/t16-/m0/s1. The van der Waals surface area contributed by atoms with Crippen LogP contribution in [0.3, 0.4) is 0 Å². The molecule has 1 N–H and O–H groups in total. The Bertz CT molecular complexity index is 552. The zero-order valence-corrected chi connectivity index (χ0v) is 14.9. The molecule has 1 aromatic carbocycles. The second-order valence-corrected chi connectivity index (χ2v) is 7.53. The fourth-order valence-corrected chi connectivity index (χ4v) is 4.18. The molecule has 0 unspecified atom stereocenters. The van der Waals surface area contributed by atoms with E-state index in [9.17, 15) is 4.79 Å². The lowest BCUT2D eigenvalue weighted by Crippen LogP contribution is -2.44. The molecule has 1 heterocycles. The zero-order chi connectivity index (χ0) is 16.2. The van der Waals surface area contributed by atoms with Crippen molar-refractivity contribution >= 4 is 29.1 Å². The molecule has 1 saturated carbocycles. The second kappa shape index (κ2) is 7.87. The molecular weight excluding hydrogens is 331 g/mol. The van der Waals surface area contributed by atoms with E-state index in [-0.39, 0.29) is 12.0 Å². The van der Waals surface area contributed by atoms with Gasteiger partial charge >= 0.3 is 0 Å². The predicted molar refractivity (Wildman–Crippen MR) is 94.9 cm³/mol. The minimum atomic E-state index is 0.190. The Kier molecular flexibility index (Phi) is 5.84. The quantitative estimate of drug-likeness (QED) is 0.875. The average Bonchev–Trinajstić information content (AvgIpc) is 3.08. The highest BCUT2D eigenvalue weighted by molar-refractivity contribution is 6.35. The van der Waals surface area contributed by atoms with Crippen molar-refractivity contribution in [3.63, 3.8) is 0 Å². The molecule has 1 saturated heterocycles. The molecule has 1 aromatic rings. The van der Waals surface area contributed by atoms with Gasteiger partial charge in [0, 0.05) is 35.1 Å². The lowest BCUT2D eigenvalue weighted by Gasteiger charge is -2.33. The predicted octanol–water partition coefficient (Wildman–Crippen LogP) is 4.26. The molecule has 3 rings (SSSR count). The van der Waals surface area contributed by atoms with Gasteiger partial charge in [0.1, 0.15) is 0 Å². The molecule has 0 bridgehead atoms. The summed E-state index contributed by atoms with van der Waals surface area (Å²) in [7, 11) is 0. The summed E-state index contributed by atoms with van der Waals surface area (Å²) in [4.78, 5) is 15.2. The Balaban J connectivity index is 1.78. The second-order valence-electron chi connectivity index (χ2n) is 6.68. The third-order valence-corrected chi connectivity index (χ3v) is 5.66. The minimum absolute atomic E-state index is 0.190. The SMILES string of the molecule is O=C(C1CCCCC1)N(Cc1ccc(Cl)cc1Cl)[C@H]1CCNC1. The number of hydrogen-bond acceptors (Lipinski definition) is 2. The van der Waals surface area contributed by atoms with Crippen molar-refractivity contribution in [1.29, 1.82) is 0 Å². The Morgan fingerprint density at radius 1 is 1.17 bits per heavy atom. The van der Waals surface area contributed by atoms with Gasteiger partial charge in [-0.15, -0.1) is 0 Å². The monoisotopic (exact) mass is 354 g/mol. The van der Waals surface area contributed by atoms with Gasteiger partial charge in [-0.05, 0) is 43.5 Å². The van der Waals surface area contributed by atoms with Gasteiger partial charge in [0.05, 0.1) is 0 Å². The molecule has 1 aliphatic heterocycles. The van der Waals surface area contributed by atoms with Crippen molar-refractivity contribution in [2.24, 2.45) is 5.92 Å². The van der Waals surface area contributed by atoms with Crippen LogP contribution in [0.15, 0.2) is 18.2 Å². The van der Waals surface area contributed by atoms with Crippen molar-refractivity contribution in [2.45, 2.75) is 51.1 Å². The van der Waals surface area contributed by atoms with Gasteiger partial charge in [-0.3, -0.25) is 4.79 Å². The normalized spacial score (nSPS) is 22.3. The third kappa shape index (κ3) is 4.20. The van der Waals surface area contributed by atoms with E-state index in [2.05, 4.69) is 10.2 Å². The number of nitrogens with zero attached hydrogens (tertiary/aromatic N) is 1. The number of carbonyl (C=O) groups excluding carboxylic acids is 1. The number of hydrogen-bond donors (Lipinski definition) is 1. The molecule has 23 heavy (non-hydrogen) atoms. The van der Waals surface area contributed by atoms with Crippen LogP contribution in [0.1, 0.15) is 44.1 Å². The molecule has 0 aromatic heterocycles. The van der Waals surface area contributed by atoms with E-state index in [0.717, 1.165) is 37.9 Å². The Labute approximate surface area is 148 Å². The van der Waals surface area contributed by atoms with Crippen LogP contribution in [0.4, 0.5) is 0 Å². The fraction of sp³-hybridized carbons (Fsp3) is 0.611. The van der Waals surface area contributed by atoms with Gasteiger partial charge in [0.25, 0.3) is 0 Å². The minimum Gasteiger partial charge on any atom is -0.334 e. The van der Waals surface area contributed by atoms with E-state index in [0.29, 0.717) is 22.5 Å². The number of benzene rings is 1. The molecule has 0 radical (unpaired) electrons. The summed E-state index contributed by atoms with van der Waals surface area (Å²) >= 11 is 12.3. The summed E-state index contributed by atoms with van der Waals surface area (Å²) in [5, 5.41) is 4.65. The summed E-state index contributed by atoms with van der Waals surface area (Å²) in [6.45, 7) is 2.44. The molecule has 1 atom stereocenters. The van der Waals surface area contributed by atoms with E-state index in [1.54, 1.807) is 6.07 Å². The number of nitrogens with one attached hydrogen (secondary N) is 1. The van der Waals surface area contributed by atoms with Gasteiger partial charge in [0.15, 0.2) is 0 Å². The zero-order valence-electron chi connectivity index (χ0n) is 13.4. The van der Waals surface area contributed by atoms with Gasteiger partial charge in [-0.25, -0.2) is 0 Å². The van der Waals surface area contributed by atoms with Gasteiger partial charge in [-0.2, -0.15) is 0 Å². The Hall–Kier alpha value is -0.770. The summed E-state index contributed by atoms with van der Waals surface area (Å²) < 4.78 is 0. The van der Waals surface area contributed by atoms with Crippen LogP contribution in [0, 0.1) is 5.92 Å². The van der Waals surface area contributed by atoms with E-state index >= 15 is 0 Å². The van der Waals surface area contributed by atoms with Crippen LogP contribution < -0.4 is 5.32 Å². The molecule has 1 aliphatic carbocycles. The van der Waals surface area contributed by atoms with Crippen LogP contribution in [0.2, 0.25) is 10.0 Å². The van der Waals surface area contributed by atoms with Crippen LogP contribution in [0.25, 0.3) is 0 Å². The molecule has 126 valence electrons. The first-order valence-electron chi connectivity index (χ1n) is 8.60. The summed E-state index contributed by atoms with van der Waals surface area (Å²) in [5.74, 6) is 0.500. The molecule has 2 aliphatic rings. The van der Waals surface area contributed by atoms with E-state index in [1.165, 1.54) is 19.3 Å². The number of halogens is 2. The first kappa shape index (κ1) is 17.1. The van der Waals surface area contributed by atoms with Crippen molar-refractivity contribution in [3.8, 4) is 0 Å². The first-order valence-corrected chi connectivity index (χ1v) is 9.36. The summed E-state index contributed by atoms with van der Waals surface area (Å²) in [6, 6.07) is 5.82. The van der Waals surface area contributed by atoms with E-state index < -0.39 is 0 Å². The highest BCUT2D eigenvalue weighted by Gasteiger charge is 2.32. The highest BCUT2D eigenvalue weighted by Crippen LogP contribution is 2.29. The van der Waals surface area contributed by atoms with Gasteiger partial charge in [-0.1, -0.05) is 48.5 Å². The summed E-state index contributed by atoms with van der Waals surface area (Å²) in [6.07, 6.45) is 6.69. The molecule has 0 spiro atoms. The lowest BCUT2D eigenvalue weighted by atomic mass is 9.87. The maximum absolute atomic E-state index is 13.1. The van der Waals surface area contributed by atoms with E-state index in [4.69, 9.17) is 23.2 Å². The Morgan fingerprint density at radius 2 is 1.96 bits per heavy atom. The number of carbonyl (C=O) groups is 1. The first-order chi connectivity index (χ1) is 11.1.